The van der Waals surface area contributed by atoms with E-state index in [2.05, 4.69) is 38.4 Å². The van der Waals surface area contributed by atoms with E-state index in [1.54, 1.807) is 11.3 Å². The van der Waals surface area contributed by atoms with Crippen LogP contribution in [0.5, 0.6) is 0 Å². The molecule has 0 bridgehead atoms. The maximum absolute atomic E-state index is 5.48. The summed E-state index contributed by atoms with van der Waals surface area (Å²) in [5, 5.41) is 3.33. The molecule has 0 saturated carbocycles. The van der Waals surface area contributed by atoms with Crippen LogP contribution in [0.1, 0.15) is 17.8 Å². The Balaban J connectivity index is 2.04. The molecule has 90 valence electrons. The number of unbranched alkanes of at least 4 members (excludes halogenated alkanes) is 1. The summed E-state index contributed by atoms with van der Waals surface area (Å²) in [6, 6.07) is 8.26. The number of aromatic nitrogens is 1. The third-order valence-electron chi connectivity index (χ3n) is 2.54. The van der Waals surface area contributed by atoms with E-state index in [1.807, 2.05) is 12.1 Å². The first-order chi connectivity index (χ1) is 8.29. The van der Waals surface area contributed by atoms with Gasteiger partial charge in [-0.3, -0.25) is 0 Å². The first-order valence-electron chi connectivity index (χ1n) is 5.70. The van der Waals surface area contributed by atoms with E-state index in [9.17, 15) is 0 Å². The molecule has 0 aliphatic heterocycles. The molecule has 0 saturated heterocycles. The summed E-state index contributed by atoms with van der Waals surface area (Å²) in [6.07, 6.45) is 3.25. The molecule has 2 rings (SSSR count). The van der Waals surface area contributed by atoms with Gasteiger partial charge >= 0.3 is 0 Å². The van der Waals surface area contributed by atoms with Crippen LogP contribution < -0.4 is 5.73 Å². The highest BCUT2D eigenvalue weighted by atomic mass is 79.9. The van der Waals surface area contributed by atoms with Crippen molar-refractivity contribution in [2.45, 2.75) is 19.3 Å². The van der Waals surface area contributed by atoms with Crippen molar-refractivity contribution in [3.8, 4) is 11.3 Å². The fourth-order valence-corrected chi connectivity index (χ4v) is 2.71. The number of thiazole rings is 1. The topological polar surface area (TPSA) is 38.9 Å². The maximum atomic E-state index is 5.48. The van der Waals surface area contributed by atoms with Crippen LogP contribution in [0, 0.1) is 0 Å². The maximum Gasteiger partial charge on any atom is 0.0932 e. The van der Waals surface area contributed by atoms with Crippen molar-refractivity contribution in [1.29, 1.82) is 0 Å². The Hall–Kier alpha value is -0.710. The first-order valence-corrected chi connectivity index (χ1v) is 7.37. The molecular weight excluding hydrogens is 296 g/mol. The summed E-state index contributed by atoms with van der Waals surface area (Å²) >= 11 is 5.17. The Morgan fingerprint density at radius 2 is 1.94 bits per heavy atom. The summed E-state index contributed by atoms with van der Waals surface area (Å²) in [6.45, 7) is 0.769. The zero-order valence-corrected chi connectivity index (χ0v) is 11.9. The van der Waals surface area contributed by atoms with Crippen molar-refractivity contribution in [3.05, 3.63) is 39.1 Å². The second-order valence-electron chi connectivity index (χ2n) is 3.88. The van der Waals surface area contributed by atoms with Gasteiger partial charge in [-0.25, -0.2) is 4.98 Å². The largest absolute Gasteiger partial charge is 0.330 e. The zero-order valence-electron chi connectivity index (χ0n) is 9.53. The van der Waals surface area contributed by atoms with Crippen LogP contribution in [0.3, 0.4) is 0 Å². The van der Waals surface area contributed by atoms with Gasteiger partial charge in [0.05, 0.1) is 10.7 Å². The molecule has 1 aromatic carbocycles. The lowest BCUT2D eigenvalue weighted by Gasteiger charge is -1.97. The van der Waals surface area contributed by atoms with Crippen LogP contribution in [0.2, 0.25) is 0 Å². The van der Waals surface area contributed by atoms with Crippen molar-refractivity contribution in [2.75, 3.05) is 6.54 Å². The number of benzene rings is 1. The van der Waals surface area contributed by atoms with E-state index in [4.69, 9.17) is 5.73 Å². The van der Waals surface area contributed by atoms with E-state index >= 15 is 0 Å². The summed E-state index contributed by atoms with van der Waals surface area (Å²) in [4.78, 5) is 4.64. The van der Waals surface area contributed by atoms with Gasteiger partial charge in [0, 0.05) is 15.4 Å². The van der Waals surface area contributed by atoms with E-state index in [1.165, 1.54) is 10.6 Å². The quantitative estimate of drug-likeness (QED) is 0.852. The first kappa shape index (κ1) is 12.7. The highest BCUT2D eigenvalue weighted by Crippen LogP contribution is 2.24. The monoisotopic (exact) mass is 310 g/mol. The second-order valence-corrected chi connectivity index (χ2v) is 5.74. The Kier molecular flexibility index (Phi) is 4.71. The van der Waals surface area contributed by atoms with Gasteiger partial charge in [-0.1, -0.05) is 28.1 Å². The van der Waals surface area contributed by atoms with Gasteiger partial charge in [0.15, 0.2) is 0 Å². The molecule has 1 heterocycles. The van der Waals surface area contributed by atoms with Crippen molar-refractivity contribution >= 4 is 27.3 Å². The molecule has 2 N–H and O–H groups in total. The Labute approximate surface area is 114 Å². The van der Waals surface area contributed by atoms with Crippen LogP contribution in [0.15, 0.2) is 34.1 Å². The van der Waals surface area contributed by atoms with Crippen LogP contribution in [0.4, 0.5) is 0 Å². The fraction of sp³-hybridized carbons (Fsp3) is 0.308. The van der Waals surface area contributed by atoms with E-state index in [0.717, 1.165) is 36.0 Å². The van der Waals surface area contributed by atoms with Crippen LogP contribution in [-0.4, -0.2) is 11.5 Å². The van der Waals surface area contributed by atoms with Crippen molar-refractivity contribution in [2.24, 2.45) is 5.73 Å². The van der Waals surface area contributed by atoms with Gasteiger partial charge in [-0.2, -0.15) is 0 Å². The molecule has 2 aromatic rings. The minimum atomic E-state index is 0.769. The van der Waals surface area contributed by atoms with E-state index < -0.39 is 0 Å². The number of hydrogen-bond acceptors (Lipinski definition) is 3. The standard InChI is InChI=1S/C13H15BrN2S/c14-11-6-4-10(5-7-11)12-9-17-13(16-12)3-1-2-8-15/h4-7,9H,1-3,8,15H2. The third-order valence-corrected chi connectivity index (χ3v) is 3.97. The van der Waals surface area contributed by atoms with Crippen molar-refractivity contribution in [3.63, 3.8) is 0 Å². The molecule has 4 heteroatoms. The average Bonchev–Trinajstić information content (AvgIpc) is 2.79. The molecule has 17 heavy (non-hydrogen) atoms. The molecule has 0 radical (unpaired) electrons. The van der Waals surface area contributed by atoms with Gasteiger partial charge < -0.3 is 5.73 Å². The second kappa shape index (κ2) is 6.28. The number of aryl methyl sites for hydroxylation is 1. The highest BCUT2D eigenvalue weighted by molar-refractivity contribution is 9.10. The normalized spacial score (nSPS) is 10.7. The molecule has 0 unspecified atom stereocenters. The molecule has 0 fully saturated rings. The lowest BCUT2D eigenvalue weighted by atomic mass is 10.2. The van der Waals surface area contributed by atoms with Crippen LogP contribution in [-0.2, 0) is 6.42 Å². The number of hydrogen-bond donors (Lipinski definition) is 1. The third kappa shape index (κ3) is 3.63. The van der Waals surface area contributed by atoms with Gasteiger partial charge in [0.2, 0.25) is 0 Å². The minimum absolute atomic E-state index is 0.769. The average molecular weight is 311 g/mol. The van der Waals surface area contributed by atoms with Gasteiger partial charge in [-0.05, 0) is 37.9 Å². The summed E-state index contributed by atoms with van der Waals surface area (Å²) in [5.41, 5.74) is 7.73. The van der Waals surface area contributed by atoms with E-state index in [0.29, 0.717) is 0 Å². The van der Waals surface area contributed by atoms with Crippen LogP contribution in [0.25, 0.3) is 11.3 Å². The Morgan fingerprint density at radius 3 is 2.65 bits per heavy atom. The number of nitrogens with two attached hydrogens (primary N) is 1. The number of halogens is 1. The smallest absolute Gasteiger partial charge is 0.0932 e. The highest BCUT2D eigenvalue weighted by Gasteiger charge is 2.04. The van der Waals surface area contributed by atoms with Crippen molar-refractivity contribution < 1.29 is 0 Å². The lowest BCUT2D eigenvalue weighted by Crippen LogP contribution is -1.98. The van der Waals surface area contributed by atoms with Gasteiger partial charge in [-0.15, -0.1) is 11.3 Å². The predicted octanol–water partition coefficient (Wildman–Crippen LogP) is 3.85. The summed E-state index contributed by atoms with van der Waals surface area (Å²) < 4.78 is 1.10. The Bertz CT molecular complexity index is 465. The van der Waals surface area contributed by atoms with E-state index in [-0.39, 0.29) is 0 Å². The zero-order chi connectivity index (χ0) is 12.1. The number of nitrogens with zero attached hydrogens (tertiary/aromatic N) is 1. The number of rotatable bonds is 5. The van der Waals surface area contributed by atoms with Crippen LogP contribution >= 0.6 is 27.3 Å². The summed E-state index contributed by atoms with van der Waals surface area (Å²) in [7, 11) is 0. The fourth-order valence-electron chi connectivity index (χ4n) is 1.60. The molecule has 0 amide bonds. The van der Waals surface area contributed by atoms with Gasteiger partial charge in [0.1, 0.15) is 0 Å². The minimum Gasteiger partial charge on any atom is -0.330 e. The molecule has 2 nitrogen and oxygen atoms in total. The molecule has 0 aliphatic carbocycles. The van der Waals surface area contributed by atoms with Gasteiger partial charge in [0.25, 0.3) is 0 Å². The predicted molar refractivity (Wildman–Crippen MR) is 77.2 cm³/mol. The molecule has 0 aliphatic rings. The lowest BCUT2D eigenvalue weighted by molar-refractivity contribution is 0.742. The Morgan fingerprint density at radius 1 is 1.18 bits per heavy atom. The molecule has 1 aromatic heterocycles. The SMILES string of the molecule is NCCCCc1nc(-c2ccc(Br)cc2)cs1. The molecule has 0 atom stereocenters. The summed E-state index contributed by atoms with van der Waals surface area (Å²) in [5.74, 6) is 0. The molecular formula is C13H15BrN2S. The molecule has 0 spiro atoms. The van der Waals surface area contributed by atoms with Crippen molar-refractivity contribution in [1.82, 2.24) is 4.98 Å².